The van der Waals surface area contributed by atoms with Crippen molar-refractivity contribution in [1.29, 1.82) is 0 Å². The maximum atomic E-state index is 5.44. The smallest absolute Gasteiger partial charge is 0.178 e. The molecule has 0 spiro atoms. The Balaban J connectivity index is 2.05. The van der Waals surface area contributed by atoms with Gasteiger partial charge in [0.25, 0.3) is 0 Å². The molecule has 0 amide bonds. The average Bonchev–Trinajstić information content (AvgIpc) is 2.59. The van der Waals surface area contributed by atoms with Crippen LogP contribution in [-0.4, -0.2) is 39.1 Å². The van der Waals surface area contributed by atoms with E-state index in [4.69, 9.17) is 12.2 Å². The minimum absolute atomic E-state index is 0.274. The van der Waals surface area contributed by atoms with Crippen molar-refractivity contribution >= 4 is 23.3 Å². The highest BCUT2D eigenvalue weighted by Gasteiger charge is 2.39. The van der Waals surface area contributed by atoms with Crippen LogP contribution in [0.4, 0.5) is 0 Å². The lowest BCUT2D eigenvalue weighted by Gasteiger charge is -2.47. The van der Waals surface area contributed by atoms with E-state index in [1.54, 1.807) is 0 Å². The van der Waals surface area contributed by atoms with Crippen molar-refractivity contribution in [3.8, 4) is 0 Å². The van der Waals surface area contributed by atoms with Crippen molar-refractivity contribution < 1.29 is 0 Å². The van der Waals surface area contributed by atoms with Crippen molar-refractivity contribution in [2.75, 3.05) is 14.1 Å². The van der Waals surface area contributed by atoms with E-state index < -0.39 is 0 Å². The Bertz CT molecular complexity index is 621. The predicted molar refractivity (Wildman–Crippen MR) is 75.2 cm³/mol. The van der Waals surface area contributed by atoms with Gasteiger partial charge in [0.15, 0.2) is 4.77 Å². The summed E-state index contributed by atoms with van der Waals surface area (Å²) in [5.74, 6) is 0. The minimum atomic E-state index is 0.274. The molecule has 1 aliphatic rings. The zero-order valence-corrected chi connectivity index (χ0v) is 11.6. The molecule has 18 heavy (non-hydrogen) atoms. The highest BCUT2D eigenvalue weighted by molar-refractivity contribution is 7.71. The Labute approximate surface area is 112 Å². The molecule has 96 valence electrons. The maximum absolute atomic E-state index is 5.44. The van der Waals surface area contributed by atoms with Gasteiger partial charge in [0.05, 0.1) is 17.2 Å². The van der Waals surface area contributed by atoms with Gasteiger partial charge in [-0.15, -0.1) is 0 Å². The van der Waals surface area contributed by atoms with Crippen LogP contribution in [0.1, 0.15) is 19.3 Å². The van der Waals surface area contributed by atoms with Gasteiger partial charge in [0.2, 0.25) is 0 Å². The molecule has 0 bridgehead atoms. The van der Waals surface area contributed by atoms with Gasteiger partial charge in [0.1, 0.15) is 0 Å². The molecule has 3 rings (SSSR count). The van der Waals surface area contributed by atoms with Gasteiger partial charge in [-0.25, -0.2) is 0 Å². The number of likely N-dealkylation sites (N-methyl/N-ethyl adjacent to an activating group) is 1. The average molecular weight is 262 g/mol. The quantitative estimate of drug-likeness (QED) is 0.864. The highest BCUT2D eigenvalue weighted by atomic mass is 32.1. The van der Waals surface area contributed by atoms with E-state index in [2.05, 4.69) is 33.5 Å². The maximum Gasteiger partial charge on any atom is 0.178 e. The molecule has 0 atom stereocenters. The van der Waals surface area contributed by atoms with Crippen LogP contribution in [0.3, 0.4) is 0 Å². The number of pyridine rings is 1. The van der Waals surface area contributed by atoms with Crippen molar-refractivity contribution in [2.45, 2.75) is 31.3 Å². The Morgan fingerprint density at radius 1 is 1.50 bits per heavy atom. The van der Waals surface area contributed by atoms with Crippen LogP contribution in [0.15, 0.2) is 18.5 Å². The lowest BCUT2D eigenvalue weighted by Crippen LogP contribution is -2.53. The molecule has 0 unspecified atom stereocenters. The number of hydrogen-bond donors (Lipinski definition) is 1. The SMILES string of the molecule is CN(C)C1(Cn2c(=S)[nH]c3cnccc32)CCC1. The molecule has 0 radical (unpaired) electrons. The van der Waals surface area contributed by atoms with Gasteiger partial charge in [0, 0.05) is 18.3 Å². The van der Waals surface area contributed by atoms with E-state index in [1.165, 1.54) is 19.3 Å². The second-order valence-corrected chi connectivity index (χ2v) is 5.77. The van der Waals surface area contributed by atoms with E-state index in [1.807, 2.05) is 18.5 Å². The zero-order chi connectivity index (χ0) is 12.8. The molecule has 4 nitrogen and oxygen atoms in total. The summed E-state index contributed by atoms with van der Waals surface area (Å²) in [6, 6.07) is 2.03. The molecule has 2 heterocycles. The second-order valence-electron chi connectivity index (χ2n) is 5.38. The lowest BCUT2D eigenvalue weighted by molar-refractivity contribution is 0.0431. The van der Waals surface area contributed by atoms with Gasteiger partial charge in [-0.3, -0.25) is 4.98 Å². The number of imidazole rings is 1. The van der Waals surface area contributed by atoms with E-state index in [-0.39, 0.29) is 5.54 Å². The summed E-state index contributed by atoms with van der Waals surface area (Å²) in [4.78, 5) is 9.71. The van der Waals surface area contributed by atoms with E-state index in [0.717, 1.165) is 22.3 Å². The zero-order valence-electron chi connectivity index (χ0n) is 10.8. The first-order chi connectivity index (χ1) is 8.62. The molecule has 0 aliphatic heterocycles. The van der Waals surface area contributed by atoms with Crippen molar-refractivity contribution in [3.63, 3.8) is 0 Å². The first-order valence-electron chi connectivity index (χ1n) is 6.32. The van der Waals surface area contributed by atoms with Gasteiger partial charge >= 0.3 is 0 Å². The first-order valence-corrected chi connectivity index (χ1v) is 6.73. The predicted octanol–water partition coefficient (Wildman–Crippen LogP) is 2.58. The molecule has 1 saturated carbocycles. The Kier molecular flexibility index (Phi) is 2.75. The summed E-state index contributed by atoms with van der Waals surface area (Å²) < 4.78 is 3.01. The number of H-pyrrole nitrogens is 1. The number of hydrogen-bond acceptors (Lipinski definition) is 3. The summed E-state index contributed by atoms with van der Waals surface area (Å²) in [7, 11) is 4.33. The highest BCUT2D eigenvalue weighted by Crippen LogP contribution is 2.38. The van der Waals surface area contributed by atoms with E-state index in [0.29, 0.717) is 0 Å². The number of rotatable bonds is 3. The molecule has 2 aromatic rings. The topological polar surface area (TPSA) is 36.9 Å². The number of fused-ring (bicyclic) bond motifs is 1. The van der Waals surface area contributed by atoms with Gasteiger partial charge in [-0.1, -0.05) is 0 Å². The minimum Gasteiger partial charge on any atom is -0.329 e. The molecule has 1 fully saturated rings. The van der Waals surface area contributed by atoms with Crippen LogP contribution in [0.5, 0.6) is 0 Å². The van der Waals surface area contributed by atoms with E-state index >= 15 is 0 Å². The van der Waals surface area contributed by atoms with Gasteiger partial charge in [-0.2, -0.15) is 0 Å². The largest absolute Gasteiger partial charge is 0.329 e. The number of aromatic amines is 1. The van der Waals surface area contributed by atoms with Crippen molar-refractivity contribution in [2.24, 2.45) is 0 Å². The Morgan fingerprint density at radius 3 is 2.89 bits per heavy atom. The van der Waals surface area contributed by atoms with Crippen LogP contribution in [0, 0.1) is 4.77 Å². The fourth-order valence-electron chi connectivity index (χ4n) is 2.79. The molecule has 5 heteroatoms. The summed E-state index contributed by atoms with van der Waals surface area (Å²) in [5.41, 5.74) is 2.45. The van der Waals surface area contributed by atoms with Crippen molar-refractivity contribution in [3.05, 3.63) is 23.2 Å². The molecule has 0 aromatic carbocycles. The van der Waals surface area contributed by atoms with Crippen LogP contribution >= 0.6 is 12.2 Å². The summed E-state index contributed by atoms with van der Waals surface area (Å²) >= 11 is 5.44. The fraction of sp³-hybridized carbons (Fsp3) is 0.538. The number of nitrogens with one attached hydrogen (secondary N) is 1. The third-order valence-electron chi connectivity index (χ3n) is 4.26. The Hall–Kier alpha value is -1.20. The Morgan fingerprint density at radius 2 is 2.28 bits per heavy atom. The molecular weight excluding hydrogens is 244 g/mol. The van der Waals surface area contributed by atoms with Crippen LogP contribution in [0.2, 0.25) is 0 Å². The van der Waals surface area contributed by atoms with Gasteiger partial charge < -0.3 is 14.5 Å². The van der Waals surface area contributed by atoms with Crippen LogP contribution in [0.25, 0.3) is 11.0 Å². The monoisotopic (exact) mass is 262 g/mol. The van der Waals surface area contributed by atoms with E-state index in [9.17, 15) is 0 Å². The molecular formula is C13H18N4S. The van der Waals surface area contributed by atoms with Crippen molar-refractivity contribution in [1.82, 2.24) is 19.4 Å². The van der Waals surface area contributed by atoms with Crippen LogP contribution in [-0.2, 0) is 6.54 Å². The fourth-order valence-corrected chi connectivity index (χ4v) is 3.07. The van der Waals surface area contributed by atoms with Crippen LogP contribution < -0.4 is 0 Å². The second kappa shape index (κ2) is 4.17. The number of aromatic nitrogens is 3. The third-order valence-corrected chi connectivity index (χ3v) is 4.58. The lowest BCUT2D eigenvalue weighted by atomic mass is 9.75. The molecule has 1 aliphatic carbocycles. The first kappa shape index (κ1) is 11.9. The molecule has 2 aromatic heterocycles. The normalized spacial score (nSPS) is 18.2. The molecule has 0 saturated heterocycles. The standard InChI is InChI=1S/C13H18N4S/c1-16(2)13(5-3-6-13)9-17-11-4-7-14-8-10(11)15-12(17)18/h4,7-8H,3,5-6,9H2,1-2H3,(H,15,18). The molecule has 1 N–H and O–H groups in total. The number of nitrogens with zero attached hydrogens (tertiary/aromatic N) is 3. The summed E-state index contributed by atoms with van der Waals surface area (Å²) in [6.07, 6.45) is 7.48. The third kappa shape index (κ3) is 1.69. The van der Waals surface area contributed by atoms with Gasteiger partial charge in [-0.05, 0) is 51.6 Å². The summed E-state index contributed by atoms with van der Waals surface area (Å²) in [6.45, 7) is 0.961. The summed E-state index contributed by atoms with van der Waals surface area (Å²) in [5, 5.41) is 0.